The van der Waals surface area contributed by atoms with Crippen LogP contribution in [0.5, 0.6) is 0 Å². The molecule has 0 aliphatic rings. The third-order valence-corrected chi connectivity index (χ3v) is 3.80. The monoisotopic (exact) mass is 343 g/mol. The van der Waals surface area contributed by atoms with Crippen LogP contribution in [0.15, 0.2) is 36.5 Å². The van der Waals surface area contributed by atoms with Crippen molar-refractivity contribution in [2.75, 3.05) is 11.9 Å². The summed E-state index contributed by atoms with van der Waals surface area (Å²) in [4.78, 5) is 23.7. The van der Waals surface area contributed by atoms with Crippen LogP contribution in [-0.2, 0) is 9.53 Å². The lowest BCUT2D eigenvalue weighted by Gasteiger charge is -2.11. The van der Waals surface area contributed by atoms with Crippen molar-refractivity contribution in [3.63, 3.8) is 0 Å². The van der Waals surface area contributed by atoms with E-state index in [-0.39, 0.29) is 11.6 Å². The number of benzene rings is 1. The molecule has 0 radical (unpaired) electrons. The molecule has 0 saturated heterocycles. The smallest absolute Gasteiger partial charge is 0.358 e. The van der Waals surface area contributed by atoms with Gasteiger partial charge >= 0.3 is 5.97 Å². The summed E-state index contributed by atoms with van der Waals surface area (Å²) in [7, 11) is 0. The maximum absolute atomic E-state index is 12.0. The van der Waals surface area contributed by atoms with Crippen LogP contribution in [0.2, 0.25) is 0 Å². The fraction of sp³-hybridized carbons (Fsp3) is 0.421. The molecule has 0 aliphatic heterocycles. The molecule has 25 heavy (non-hydrogen) atoms. The van der Waals surface area contributed by atoms with Crippen LogP contribution in [0.25, 0.3) is 5.69 Å². The Kier molecular flexibility index (Phi) is 6.74. The van der Waals surface area contributed by atoms with E-state index < -0.39 is 5.97 Å². The fourth-order valence-electron chi connectivity index (χ4n) is 2.60. The zero-order chi connectivity index (χ0) is 18.2. The molecule has 1 atom stereocenters. The molecule has 1 heterocycles. The van der Waals surface area contributed by atoms with Gasteiger partial charge in [-0.25, -0.2) is 9.48 Å². The van der Waals surface area contributed by atoms with E-state index in [4.69, 9.17) is 4.74 Å². The first kappa shape index (κ1) is 18.7. The van der Waals surface area contributed by atoms with Crippen molar-refractivity contribution in [3.05, 3.63) is 42.2 Å². The molecule has 6 heteroatoms. The predicted octanol–water partition coefficient (Wildman–Crippen LogP) is 3.81. The van der Waals surface area contributed by atoms with Crippen molar-refractivity contribution in [1.29, 1.82) is 0 Å². The summed E-state index contributed by atoms with van der Waals surface area (Å²) >= 11 is 0. The lowest BCUT2D eigenvalue weighted by atomic mass is 10.0. The van der Waals surface area contributed by atoms with E-state index in [1.165, 1.54) is 0 Å². The van der Waals surface area contributed by atoms with E-state index in [2.05, 4.69) is 24.3 Å². The van der Waals surface area contributed by atoms with Gasteiger partial charge < -0.3 is 10.1 Å². The highest BCUT2D eigenvalue weighted by atomic mass is 16.5. The highest BCUT2D eigenvalue weighted by molar-refractivity contribution is 5.91. The fourth-order valence-corrected chi connectivity index (χ4v) is 2.60. The molecule has 0 fully saturated rings. The SMILES string of the molecule is CCCC(C)CC(=O)Nc1ccc(-n2ccc(C(=O)OCC)n2)cc1. The second-order valence-corrected chi connectivity index (χ2v) is 6.06. The van der Waals surface area contributed by atoms with Crippen LogP contribution in [-0.4, -0.2) is 28.3 Å². The standard InChI is InChI=1S/C19H25N3O3/c1-4-6-14(3)13-18(23)20-15-7-9-16(10-8-15)22-12-11-17(21-22)19(24)25-5-2/h7-12,14H,4-6,13H2,1-3H3,(H,20,23). The minimum atomic E-state index is -0.439. The summed E-state index contributed by atoms with van der Waals surface area (Å²) in [6.45, 7) is 6.28. The molecule has 1 amide bonds. The number of rotatable bonds is 8. The number of carbonyl (C=O) groups is 2. The Bertz CT molecular complexity index is 707. The Balaban J connectivity index is 1.98. The Morgan fingerprint density at radius 2 is 1.92 bits per heavy atom. The van der Waals surface area contributed by atoms with Gasteiger partial charge in [0.2, 0.25) is 5.91 Å². The number of esters is 1. The summed E-state index contributed by atoms with van der Waals surface area (Å²) < 4.78 is 6.53. The maximum atomic E-state index is 12.0. The van der Waals surface area contributed by atoms with E-state index in [0.717, 1.165) is 24.2 Å². The molecular formula is C19H25N3O3. The Labute approximate surface area is 148 Å². The molecule has 0 saturated carbocycles. The summed E-state index contributed by atoms with van der Waals surface area (Å²) in [6.07, 6.45) is 4.36. The van der Waals surface area contributed by atoms with E-state index in [1.807, 2.05) is 24.3 Å². The van der Waals surface area contributed by atoms with E-state index in [0.29, 0.717) is 18.9 Å². The third kappa shape index (κ3) is 5.45. The first-order valence-corrected chi connectivity index (χ1v) is 8.66. The van der Waals surface area contributed by atoms with Crippen LogP contribution >= 0.6 is 0 Å². The van der Waals surface area contributed by atoms with Crippen LogP contribution in [0.4, 0.5) is 5.69 Å². The van der Waals surface area contributed by atoms with Crippen molar-refractivity contribution in [2.24, 2.45) is 5.92 Å². The van der Waals surface area contributed by atoms with E-state index in [9.17, 15) is 9.59 Å². The van der Waals surface area contributed by atoms with Gasteiger partial charge in [-0.3, -0.25) is 4.79 Å². The Morgan fingerprint density at radius 3 is 2.56 bits per heavy atom. The molecule has 1 unspecified atom stereocenters. The quantitative estimate of drug-likeness (QED) is 0.740. The zero-order valence-corrected chi connectivity index (χ0v) is 15.0. The summed E-state index contributed by atoms with van der Waals surface area (Å²) in [5.74, 6) is -0.0293. The van der Waals surface area contributed by atoms with Crippen molar-refractivity contribution >= 4 is 17.6 Å². The number of anilines is 1. The van der Waals surface area contributed by atoms with Crippen LogP contribution in [0.3, 0.4) is 0 Å². The third-order valence-electron chi connectivity index (χ3n) is 3.80. The Morgan fingerprint density at radius 1 is 1.20 bits per heavy atom. The van der Waals surface area contributed by atoms with Crippen molar-refractivity contribution in [1.82, 2.24) is 9.78 Å². The number of carbonyl (C=O) groups excluding carboxylic acids is 2. The molecule has 1 N–H and O–H groups in total. The van der Waals surface area contributed by atoms with Gasteiger partial charge in [0.25, 0.3) is 0 Å². The average molecular weight is 343 g/mol. The summed E-state index contributed by atoms with van der Waals surface area (Å²) in [5, 5.41) is 7.11. The highest BCUT2D eigenvalue weighted by Gasteiger charge is 2.11. The molecule has 0 bridgehead atoms. The zero-order valence-electron chi connectivity index (χ0n) is 15.0. The molecule has 2 rings (SSSR count). The first-order valence-electron chi connectivity index (χ1n) is 8.66. The number of nitrogens with zero attached hydrogens (tertiary/aromatic N) is 2. The predicted molar refractivity (Wildman–Crippen MR) is 96.8 cm³/mol. The lowest BCUT2D eigenvalue weighted by Crippen LogP contribution is -2.15. The van der Waals surface area contributed by atoms with Gasteiger partial charge in [-0.2, -0.15) is 5.10 Å². The molecule has 1 aromatic heterocycles. The lowest BCUT2D eigenvalue weighted by molar-refractivity contribution is -0.117. The summed E-state index contributed by atoms with van der Waals surface area (Å²) in [5.41, 5.74) is 1.81. The van der Waals surface area contributed by atoms with Crippen molar-refractivity contribution in [2.45, 2.75) is 40.0 Å². The Hall–Kier alpha value is -2.63. The summed E-state index contributed by atoms with van der Waals surface area (Å²) in [6, 6.07) is 8.94. The van der Waals surface area contributed by atoms with Gasteiger partial charge in [0.1, 0.15) is 0 Å². The normalized spacial score (nSPS) is 11.8. The van der Waals surface area contributed by atoms with Crippen LogP contribution in [0, 0.1) is 5.92 Å². The van der Waals surface area contributed by atoms with Gasteiger partial charge in [-0.05, 0) is 43.2 Å². The van der Waals surface area contributed by atoms with Gasteiger partial charge in [-0.1, -0.05) is 26.7 Å². The number of amides is 1. The van der Waals surface area contributed by atoms with Crippen molar-refractivity contribution < 1.29 is 14.3 Å². The second-order valence-electron chi connectivity index (χ2n) is 6.06. The van der Waals surface area contributed by atoms with Gasteiger partial charge in [0.15, 0.2) is 5.69 Å². The number of ether oxygens (including phenoxy) is 1. The van der Waals surface area contributed by atoms with Gasteiger partial charge in [0.05, 0.1) is 12.3 Å². The first-order chi connectivity index (χ1) is 12.0. The number of aromatic nitrogens is 2. The number of hydrogen-bond acceptors (Lipinski definition) is 4. The van der Waals surface area contributed by atoms with Crippen LogP contribution in [0.1, 0.15) is 50.5 Å². The largest absolute Gasteiger partial charge is 0.461 e. The van der Waals surface area contributed by atoms with E-state index in [1.54, 1.807) is 23.9 Å². The topological polar surface area (TPSA) is 73.2 Å². The minimum absolute atomic E-state index is 0.0254. The molecule has 134 valence electrons. The average Bonchev–Trinajstić information content (AvgIpc) is 3.06. The van der Waals surface area contributed by atoms with Crippen LogP contribution < -0.4 is 5.32 Å². The molecule has 1 aromatic carbocycles. The van der Waals surface area contributed by atoms with Gasteiger partial charge in [0, 0.05) is 18.3 Å². The molecule has 2 aromatic rings. The van der Waals surface area contributed by atoms with Crippen molar-refractivity contribution in [3.8, 4) is 5.69 Å². The number of hydrogen-bond donors (Lipinski definition) is 1. The minimum Gasteiger partial charge on any atom is -0.461 e. The van der Waals surface area contributed by atoms with E-state index >= 15 is 0 Å². The number of nitrogens with one attached hydrogen (secondary N) is 1. The second kappa shape index (κ2) is 9.01. The maximum Gasteiger partial charge on any atom is 0.358 e. The molecule has 0 aliphatic carbocycles. The highest BCUT2D eigenvalue weighted by Crippen LogP contribution is 2.16. The molecule has 0 spiro atoms. The van der Waals surface area contributed by atoms with Gasteiger partial charge in [-0.15, -0.1) is 0 Å². The molecule has 6 nitrogen and oxygen atoms in total. The molecular weight excluding hydrogens is 318 g/mol.